The Morgan fingerprint density at radius 3 is 2.48 bits per heavy atom. The van der Waals surface area contributed by atoms with Gasteiger partial charge in [-0.15, -0.1) is 0 Å². The first kappa shape index (κ1) is 15.1. The van der Waals surface area contributed by atoms with Gasteiger partial charge in [0.25, 0.3) is 0 Å². The van der Waals surface area contributed by atoms with Gasteiger partial charge in [0, 0.05) is 16.8 Å². The van der Waals surface area contributed by atoms with Crippen molar-refractivity contribution < 1.29 is 19.4 Å². The van der Waals surface area contributed by atoms with Gasteiger partial charge in [-0.2, -0.15) is 0 Å². The number of fused-ring (bicyclic) bond motifs is 3. The maximum atomic E-state index is 11.5. The zero-order valence-corrected chi connectivity index (χ0v) is 13.5. The van der Waals surface area contributed by atoms with Gasteiger partial charge in [-0.1, -0.05) is 6.92 Å². The SMILES string of the molecule is CCc1c(C(=O)O)nc(C)c2[nH]c3cc(OC)c(OC)cc3c12. The summed E-state index contributed by atoms with van der Waals surface area (Å²) in [6.45, 7) is 3.73. The minimum Gasteiger partial charge on any atom is -0.493 e. The predicted molar refractivity (Wildman–Crippen MR) is 87.8 cm³/mol. The second kappa shape index (κ2) is 5.46. The molecule has 0 saturated carbocycles. The number of pyridine rings is 1. The first-order chi connectivity index (χ1) is 11.0. The number of hydrogen-bond acceptors (Lipinski definition) is 4. The van der Waals surface area contributed by atoms with Crippen molar-refractivity contribution in [3.05, 3.63) is 29.1 Å². The Morgan fingerprint density at radius 1 is 1.26 bits per heavy atom. The molecule has 3 rings (SSSR count). The number of aromatic amines is 1. The van der Waals surface area contributed by atoms with Crippen molar-refractivity contribution >= 4 is 27.8 Å². The number of methoxy groups -OCH3 is 2. The molecule has 0 aliphatic carbocycles. The molecule has 1 aromatic carbocycles. The third-order valence-corrected chi connectivity index (χ3v) is 4.09. The predicted octanol–water partition coefficient (Wildman–Crippen LogP) is 3.30. The van der Waals surface area contributed by atoms with Crippen LogP contribution in [0, 0.1) is 6.92 Å². The Bertz CT molecular complexity index is 928. The van der Waals surface area contributed by atoms with E-state index in [4.69, 9.17) is 9.47 Å². The van der Waals surface area contributed by atoms with Gasteiger partial charge < -0.3 is 19.6 Å². The minimum absolute atomic E-state index is 0.105. The van der Waals surface area contributed by atoms with E-state index in [0.717, 1.165) is 27.4 Å². The van der Waals surface area contributed by atoms with E-state index in [-0.39, 0.29) is 5.69 Å². The highest BCUT2D eigenvalue weighted by molar-refractivity contribution is 6.12. The van der Waals surface area contributed by atoms with Crippen molar-refractivity contribution in [2.24, 2.45) is 0 Å². The number of ether oxygens (including phenoxy) is 2. The zero-order chi connectivity index (χ0) is 16.7. The highest BCUT2D eigenvalue weighted by atomic mass is 16.5. The molecule has 2 N–H and O–H groups in total. The van der Waals surface area contributed by atoms with Crippen LogP contribution >= 0.6 is 0 Å². The van der Waals surface area contributed by atoms with E-state index in [9.17, 15) is 9.90 Å². The van der Waals surface area contributed by atoms with Gasteiger partial charge in [0.05, 0.1) is 30.9 Å². The fourth-order valence-corrected chi connectivity index (χ4v) is 3.04. The fraction of sp³-hybridized carbons (Fsp3) is 0.294. The van der Waals surface area contributed by atoms with E-state index >= 15 is 0 Å². The highest BCUT2D eigenvalue weighted by Gasteiger charge is 2.20. The number of nitrogens with one attached hydrogen (secondary N) is 1. The number of nitrogens with zero attached hydrogens (tertiary/aromatic N) is 1. The number of hydrogen-bond donors (Lipinski definition) is 2. The number of carbonyl (C=O) groups is 1. The lowest BCUT2D eigenvalue weighted by Crippen LogP contribution is -2.07. The number of aromatic carboxylic acids is 1. The summed E-state index contributed by atoms with van der Waals surface area (Å²) >= 11 is 0. The molecule has 120 valence electrons. The van der Waals surface area contributed by atoms with Crippen molar-refractivity contribution in [2.45, 2.75) is 20.3 Å². The van der Waals surface area contributed by atoms with Gasteiger partial charge in [-0.3, -0.25) is 0 Å². The summed E-state index contributed by atoms with van der Waals surface area (Å²) in [6.07, 6.45) is 0.576. The van der Waals surface area contributed by atoms with Crippen molar-refractivity contribution in [3.8, 4) is 11.5 Å². The maximum absolute atomic E-state index is 11.5. The summed E-state index contributed by atoms with van der Waals surface area (Å²) in [4.78, 5) is 19.1. The van der Waals surface area contributed by atoms with Crippen LogP contribution in [0.25, 0.3) is 21.8 Å². The summed E-state index contributed by atoms with van der Waals surface area (Å²) < 4.78 is 10.7. The molecule has 0 fully saturated rings. The van der Waals surface area contributed by atoms with E-state index in [2.05, 4.69) is 9.97 Å². The molecule has 2 heterocycles. The van der Waals surface area contributed by atoms with Gasteiger partial charge in [0.15, 0.2) is 17.2 Å². The molecule has 0 radical (unpaired) electrons. The fourth-order valence-electron chi connectivity index (χ4n) is 3.04. The molecule has 0 aliphatic heterocycles. The van der Waals surface area contributed by atoms with E-state index in [0.29, 0.717) is 23.6 Å². The summed E-state index contributed by atoms with van der Waals surface area (Å²) in [6, 6.07) is 3.73. The summed E-state index contributed by atoms with van der Waals surface area (Å²) in [5, 5.41) is 11.2. The maximum Gasteiger partial charge on any atom is 0.354 e. The monoisotopic (exact) mass is 314 g/mol. The Kier molecular flexibility index (Phi) is 3.60. The number of carboxylic acid groups (broad SMARTS) is 1. The largest absolute Gasteiger partial charge is 0.493 e. The first-order valence-corrected chi connectivity index (χ1v) is 7.32. The van der Waals surface area contributed by atoms with Crippen LogP contribution in [-0.4, -0.2) is 35.3 Å². The molecule has 0 atom stereocenters. The van der Waals surface area contributed by atoms with Gasteiger partial charge in [0.1, 0.15) is 0 Å². The summed E-state index contributed by atoms with van der Waals surface area (Å²) in [7, 11) is 3.16. The third-order valence-electron chi connectivity index (χ3n) is 4.09. The van der Waals surface area contributed by atoms with Crippen LogP contribution in [-0.2, 0) is 6.42 Å². The number of aromatic nitrogens is 2. The van der Waals surface area contributed by atoms with Crippen LogP contribution in [0.2, 0.25) is 0 Å². The van der Waals surface area contributed by atoms with Gasteiger partial charge in [-0.05, 0) is 25.0 Å². The summed E-state index contributed by atoms with van der Waals surface area (Å²) in [5.41, 5.74) is 3.19. The number of aryl methyl sites for hydroxylation is 2. The molecule has 0 saturated heterocycles. The van der Waals surface area contributed by atoms with E-state index in [1.165, 1.54) is 0 Å². The molecular formula is C17H18N2O4. The molecule has 0 bridgehead atoms. The number of carboxylic acids is 1. The number of benzene rings is 1. The Hall–Kier alpha value is -2.76. The molecule has 0 unspecified atom stereocenters. The molecule has 3 aromatic rings. The van der Waals surface area contributed by atoms with E-state index in [1.54, 1.807) is 21.1 Å². The molecule has 0 amide bonds. The molecule has 6 heteroatoms. The van der Waals surface area contributed by atoms with Gasteiger partial charge in [-0.25, -0.2) is 9.78 Å². The standard InChI is InChI=1S/C17H18N2O4/c1-5-9-14-10-6-12(22-3)13(23-4)7-11(10)19-15(14)8(2)18-16(9)17(20)21/h6-7,19H,5H2,1-4H3,(H,20,21). The van der Waals surface area contributed by atoms with Gasteiger partial charge >= 0.3 is 5.97 Å². The average molecular weight is 314 g/mol. The second-order valence-corrected chi connectivity index (χ2v) is 5.31. The molecule has 0 aliphatic rings. The van der Waals surface area contributed by atoms with Crippen LogP contribution in [0.3, 0.4) is 0 Å². The number of rotatable bonds is 4. The number of H-pyrrole nitrogens is 1. The molecule has 0 spiro atoms. The molecular weight excluding hydrogens is 296 g/mol. The average Bonchev–Trinajstić information content (AvgIpc) is 2.92. The molecule has 2 aromatic heterocycles. The van der Waals surface area contributed by atoms with E-state index in [1.807, 2.05) is 19.1 Å². The van der Waals surface area contributed by atoms with Crippen molar-refractivity contribution in [1.29, 1.82) is 0 Å². The lowest BCUT2D eigenvalue weighted by atomic mass is 10.0. The lowest BCUT2D eigenvalue weighted by molar-refractivity contribution is 0.0689. The quantitative estimate of drug-likeness (QED) is 0.772. The minimum atomic E-state index is -1.01. The third kappa shape index (κ3) is 2.18. The second-order valence-electron chi connectivity index (χ2n) is 5.31. The Morgan fingerprint density at radius 2 is 1.91 bits per heavy atom. The topological polar surface area (TPSA) is 84.4 Å². The normalized spacial score (nSPS) is 11.1. The van der Waals surface area contributed by atoms with Crippen molar-refractivity contribution in [3.63, 3.8) is 0 Å². The van der Waals surface area contributed by atoms with Crippen molar-refractivity contribution in [1.82, 2.24) is 9.97 Å². The van der Waals surface area contributed by atoms with Crippen LogP contribution in [0.5, 0.6) is 11.5 Å². The molecule has 6 nitrogen and oxygen atoms in total. The smallest absolute Gasteiger partial charge is 0.354 e. The Balaban J connectivity index is 2.51. The van der Waals surface area contributed by atoms with Crippen LogP contribution in [0.1, 0.15) is 28.7 Å². The summed E-state index contributed by atoms with van der Waals surface area (Å²) in [5.74, 6) is 0.213. The van der Waals surface area contributed by atoms with Crippen LogP contribution in [0.4, 0.5) is 0 Å². The van der Waals surface area contributed by atoms with Crippen LogP contribution in [0.15, 0.2) is 12.1 Å². The highest BCUT2D eigenvalue weighted by Crippen LogP contribution is 2.38. The Labute approximate surface area is 133 Å². The molecule has 23 heavy (non-hydrogen) atoms. The van der Waals surface area contributed by atoms with Crippen LogP contribution < -0.4 is 9.47 Å². The lowest BCUT2D eigenvalue weighted by Gasteiger charge is -2.09. The first-order valence-electron chi connectivity index (χ1n) is 7.32. The van der Waals surface area contributed by atoms with Gasteiger partial charge in [0.2, 0.25) is 0 Å². The zero-order valence-electron chi connectivity index (χ0n) is 13.5. The van der Waals surface area contributed by atoms with E-state index < -0.39 is 5.97 Å². The van der Waals surface area contributed by atoms with Crippen molar-refractivity contribution in [2.75, 3.05) is 14.2 Å².